The first-order chi connectivity index (χ1) is 15.1. The highest BCUT2D eigenvalue weighted by Gasteiger charge is 2.19. The van der Waals surface area contributed by atoms with Crippen molar-refractivity contribution in [3.05, 3.63) is 52.6 Å². The van der Waals surface area contributed by atoms with E-state index in [1.165, 1.54) is 25.1 Å². The lowest BCUT2D eigenvalue weighted by Crippen LogP contribution is -2.39. The topological polar surface area (TPSA) is 65.9 Å². The van der Waals surface area contributed by atoms with Crippen LogP contribution in [0.1, 0.15) is 17.9 Å². The standard InChI is InChI=1S/C23H25BrN6O/c1-29-15-18(14-26-29)16-10-20(12-21(11-16)31-8-7-30-5-2-6-30)27-23-25-13-17-9-19(24)3-4-22(17)28-23/h3-4,9-14,18H,2,5-8,15H2,1H3,(H,25,27,28). The van der Waals surface area contributed by atoms with Crippen molar-refractivity contribution in [2.75, 3.05) is 45.2 Å². The van der Waals surface area contributed by atoms with Crippen molar-refractivity contribution >= 4 is 44.7 Å². The van der Waals surface area contributed by atoms with Gasteiger partial charge in [0.25, 0.3) is 0 Å². The molecular formula is C23H25BrN6O. The molecule has 31 heavy (non-hydrogen) atoms. The second-order valence-corrected chi connectivity index (χ2v) is 8.98. The van der Waals surface area contributed by atoms with E-state index < -0.39 is 0 Å². The van der Waals surface area contributed by atoms with E-state index in [0.29, 0.717) is 12.6 Å². The van der Waals surface area contributed by atoms with E-state index in [1.807, 2.05) is 48.7 Å². The second-order valence-electron chi connectivity index (χ2n) is 8.07. The Morgan fingerprint density at radius 2 is 2.10 bits per heavy atom. The summed E-state index contributed by atoms with van der Waals surface area (Å²) in [5.41, 5.74) is 2.98. The van der Waals surface area contributed by atoms with Gasteiger partial charge in [-0.05, 0) is 55.4 Å². The van der Waals surface area contributed by atoms with Crippen LogP contribution in [0.3, 0.4) is 0 Å². The minimum absolute atomic E-state index is 0.236. The van der Waals surface area contributed by atoms with E-state index in [-0.39, 0.29) is 5.92 Å². The first-order valence-corrected chi connectivity index (χ1v) is 11.4. The molecule has 2 aliphatic rings. The largest absolute Gasteiger partial charge is 0.492 e. The number of likely N-dealkylation sites (N-methyl/N-ethyl adjacent to an activating group) is 1. The van der Waals surface area contributed by atoms with Gasteiger partial charge in [-0.25, -0.2) is 9.97 Å². The first-order valence-electron chi connectivity index (χ1n) is 10.6. The Balaban J connectivity index is 1.38. The fourth-order valence-electron chi connectivity index (χ4n) is 3.85. The number of aromatic nitrogens is 2. The molecule has 5 rings (SSSR count). The Hall–Kier alpha value is -2.71. The van der Waals surface area contributed by atoms with Gasteiger partial charge in [0.2, 0.25) is 5.95 Å². The van der Waals surface area contributed by atoms with Gasteiger partial charge in [-0.1, -0.05) is 15.9 Å². The summed E-state index contributed by atoms with van der Waals surface area (Å²) in [5.74, 6) is 1.66. The number of ether oxygens (including phenoxy) is 1. The Bertz CT molecular complexity index is 1120. The van der Waals surface area contributed by atoms with E-state index in [4.69, 9.17) is 4.74 Å². The second kappa shape index (κ2) is 8.80. The molecule has 8 heteroatoms. The van der Waals surface area contributed by atoms with Crippen molar-refractivity contribution in [1.82, 2.24) is 19.9 Å². The van der Waals surface area contributed by atoms with Crippen molar-refractivity contribution in [2.24, 2.45) is 5.10 Å². The molecule has 1 N–H and O–H groups in total. The summed E-state index contributed by atoms with van der Waals surface area (Å²) >= 11 is 3.49. The molecular weight excluding hydrogens is 456 g/mol. The third-order valence-corrected chi connectivity index (χ3v) is 6.18. The molecule has 3 aromatic rings. The molecule has 2 aliphatic heterocycles. The normalized spacial score (nSPS) is 18.4. The Morgan fingerprint density at radius 3 is 2.87 bits per heavy atom. The third kappa shape index (κ3) is 4.80. The fraction of sp³-hybridized carbons (Fsp3) is 0.348. The number of anilines is 2. The zero-order valence-corrected chi connectivity index (χ0v) is 19.0. The van der Waals surface area contributed by atoms with Crippen LogP contribution < -0.4 is 10.1 Å². The predicted octanol–water partition coefficient (Wildman–Crippen LogP) is 4.24. The molecule has 1 fully saturated rings. The quantitative estimate of drug-likeness (QED) is 0.545. The molecule has 2 aromatic carbocycles. The lowest BCUT2D eigenvalue weighted by atomic mass is 10.00. The molecule has 1 unspecified atom stereocenters. The predicted molar refractivity (Wildman–Crippen MR) is 127 cm³/mol. The molecule has 1 atom stereocenters. The number of fused-ring (bicyclic) bond motifs is 1. The third-order valence-electron chi connectivity index (χ3n) is 5.68. The summed E-state index contributed by atoms with van der Waals surface area (Å²) in [6.45, 7) is 4.86. The van der Waals surface area contributed by atoms with E-state index in [0.717, 1.165) is 39.9 Å². The van der Waals surface area contributed by atoms with Gasteiger partial charge in [0.05, 0.1) is 5.52 Å². The first kappa shape index (κ1) is 20.2. The summed E-state index contributed by atoms with van der Waals surface area (Å²) < 4.78 is 7.13. The molecule has 0 aliphatic carbocycles. The highest BCUT2D eigenvalue weighted by atomic mass is 79.9. The van der Waals surface area contributed by atoms with Crippen molar-refractivity contribution in [2.45, 2.75) is 12.3 Å². The number of hydrogen-bond donors (Lipinski definition) is 1. The van der Waals surface area contributed by atoms with E-state index >= 15 is 0 Å². The minimum atomic E-state index is 0.236. The van der Waals surface area contributed by atoms with E-state index in [2.05, 4.69) is 53.3 Å². The van der Waals surface area contributed by atoms with Gasteiger partial charge in [-0.3, -0.25) is 9.91 Å². The van der Waals surface area contributed by atoms with Crippen LogP contribution in [0, 0.1) is 0 Å². The summed E-state index contributed by atoms with van der Waals surface area (Å²) in [7, 11) is 1.99. The van der Waals surface area contributed by atoms with E-state index in [9.17, 15) is 0 Å². The molecule has 3 heterocycles. The number of halogens is 1. The average molecular weight is 481 g/mol. The van der Waals surface area contributed by atoms with Crippen LogP contribution in [0.4, 0.5) is 11.6 Å². The maximum atomic E-state index is 6.12. The smallest absolute Gasteiger partial charge is 0.227 e. The summed E-state index contributed by atoms with van der Waals surface area (Å²) in [4.78, 5) is 11.6. The Labute approximate surface area is 190 Å². The number of likely N-dealkylation sites (tertiary alicyclic amines) is 1. The number of hydrazone groups is 1. The molecule has 0 spiro atoms. The highest BCUT2D eigenvalue weighted by molar-refractivity contribution is 9.10. The van der Waals surface area contributed by atoms with Crippen LogP contribution in [-0.2, 0) is 0 Å². The van der Waals surface area contributed by atoms with Crippen LogP contribution in [0.15, 0.2) is 52.2 Å². The molecule has 1 aromatic heterocycles. The number of hydrogen-bond acceptors (Lipinski definition) is 7. The number of nitrogens with zero attached hydrogens (tertiary/aromatic N) is 5. The van der Waals surface area contributed by atoms with Crippen LogP contribution in [0.25, 0.3) is 10.9 Å². The molecule has 160 valence electrons. The molecule has 1 saturated heterocycles. The fourth-order valence-corrected chi connectivity index (χ4v) is 4.23. The van der Waals surface area contributed by atoms with Gasteiger partial charge in [-0.15, -0.1) is 0 Å². The zero-order valence-electron chi connectivity index (χ0n) is 17.5. The van der Waals surface area contributed by atoms with Crippen LogP contribution in [-0.4, -0.2) is 65.9 Å². The van der Waals surface area contributed by atoms with Crippen LogP contribution >= 0.6 is 15.9 Å². The maximum absolute atomic E-state index is 6.12. The minimum Gasteiger partial charge on any atom is -0.492 e. The van der Waals surface area contributed by atoms with Crippen LogP contribution in [0.5, 0.6) is 5.75 Å². The van der Waals surface area contributed by atoms with Crippen molar-refractivity contribution in [3.63, 3.8) is 0 Å². The SMILES string of the molecule is CN1CC(c2cc(Nc3ncc4cc(Br)ccc4n3)cc(OCCN3CCC3)c2)C=N1. The van der Waals surface area contributed by atoms with E-state index in [1.54, 1.807) is 0 Å². The maximum Gasteiger partial charge on any atom is 0.227 e. The van der Waals surface area contributed by atoms with Gasteiger partial charge >= 0.3 is 0 Å². The summed E-state index contributed by atoms with van der Waals surface area (Å²) in [6.07, 6.45) is 5.12. The Kier molecular flexibility index (Phi) is 5.74. The van der Waals surface area contributed by atoms with Crippen LogP contribution in [0.2, 0.25) is 0 Å². The lowest BCUT2D eigenvalue weighted by Gasteiger charge is -2.30. The molecule has 0 saturated carbocycles. The summed E-state index contributed by atoms with van der Waals surface area (Å²) in [5, 5.41) is 10.7. The Morgan fingerprint density at radius 1 is 1.19 bits per heavy atom. The molecule has 7 nitrogen and oxygen atoms in total. The molecule has 0 radical (unpaired) electrons. The lowest BCUT2D eigenvalue weighted by molar-refractivity contribution is 0.147. The number of nitrogens with one attached hydrogen (secondary N) is 1. The van der Waals surface area contributed by atoms with Gasteiger partial charge in [0.1, 0.15) is 12.4 Å². The van der Waals surface area contributed by atoms with Gasteiger partial charge in [-0.2, -0.15) is 5.10 Å². The van der Waals surface area contributed by atoms with Gasteiger partial charge in [0.15, 0.2) is 0 Å². The number of benzene rings is 2. The van der Waals surface area contributed by atoms with Gasteiger partial charge in [0, 0.05) is 60.1 Å². The number of rotatable bonds is 7. The average Bonchev–Trinajstić information content (AvgIpc) is 3.16. The van der Waals surface area contributed by atoms with Gasteiger partial charge < -0.3 is 10.1 Å². The van der Waals surface area contributed by atoms with Crippen molar-refractivity contribution in [3.8, 4) is 5.75 Å². The highest BCUT2D eigenvalue weighted by Crippen LogP contribution is 2.29. The molecule has 0 amide bonds. The summed E-state index contributed by atoms with van der Waals surface area (Å²) in [6, 6.07) is 12.3. The van der Waals surface area contributed by atoms with Crippen molar-refractivity contribution in [1.29, 1.82) is 0 Å². The van der Waals surface area contributed by atoms with Crippen molar-refractivity contribution < 1.29 is 4.74 Å². The monoisotopic (exact) mass is 480 g/mol. The molecule has 0 bridgehead atoms. The zero-order chi connectivity index (χ0) is 21.2.